The number of rotatable bonds is 7. The van der Waals surface area contributed by atoms with Gasteiger partial charge >= 0.3 is 0 Å². The average Bonchev–Trinajstić information content (AvgIpc) is 2.47. The standard InChI is InChI=1S/C16H25N3O2/c1-4-19(5-2)15(20)7-6-10-18-16(21)14-11-13(17)9-8-12(14)3/h8-9,11H,4-7,10,17H2,1-3H3,(H,18,21). The van der Waals surface area contributed by atoms with Crippen molar-refractivity contribution in [2.45, 2.75) is 33.6 Å². The van der Waals surface area contributed by atoms with Crippen LogP contribution in [0.1, 0.15) is 42.6 Å². The van der Waals surface area contributed by atoms with Gasteiger partial charge in [0.05, 0.1) is 0 Å². The van der Waals surface area contributed by atoms with E-state index in [0.717, 1.165) is 18.7 Å². The molecule has 5 nitrogen and oxygen atoms in total. The monoisotopic (exact) mass is 291 g/mol. The molecule has 5 heteroatoms. The van der Waals surface area contributed by atoms with E-state index in [4.69, 9.17) is 5.73 Å². The number of amides is 2. The van der Waals surface area contributed by atoms with Crippen molar-refractivity contribution in [1.29, 1.82) is 0 Å². The summed E-state index contributed by atoms with van der Waals surface area (Å²) in [6.07, 6.45) is 1.10. The predicted octanol–water partition coefficient (Wildman–Crippen LogP) is 1.96. The first kappa shape index (κ1) is 17.0. The number of nitrogens with two attached hydrogens (primary N) is 1. The van der Waals surface area contributed by atoms with Crippen molar-refractivity contribution in [3.63, 3.8) is 0 Å². The molecule has 0 fully saturated rings. The SMILES string of the molecule is CCN(CC)C(=O)CCCNC(=O)c1cc(N)ccc1C. The Morgan fingerprint density at radius 3 is 2.52 bits per heavy atom. The summed E-state index contributed by atoms with van der Waals surface area (Å²) >= 11 is 0. The summed E-state index contributed by atoms with van der Waals surface area (Å²) in [7, 11) is 0. The molecule has 0 saturated carbocycles. The first-order valence-electron chi connectivity index (χ1n) is 7.41. The molecular weight excluding hydrogens is 266 g/mol. The summed E-state index contributed by atoms with van der Waals surface area (Å²) in [5.74, 6) is -0.00975. The lowest BCUT2D eigenvalue weighted by Gasteiger charge is -2.18. The van der Waals surface area contributed by atoms with E-state index in [0.29, 0.717) is 30.6 Å². The highest BCUT2D eigenvalue weighted by Crippen LogP contribution is 2.12. The lowest BCUT2D eigenvalue weighted by atomic mass is 10.1. The van der Waals surface area contributed by atoms with Crippen LogP contribution in [0, 0.1) is 6.92 Å². The minimum atomic E-state index is -0.143. The van der Waals surface area contributed by atoms with Gasteiger partial charge in [-0.25, -0.2) is 0 Å². The molecule has 3 N–H and O–H groups in total. The second kappa shape index (κ2) is 8.29. The third kappa shape index (κ3) is 5.10. The lowest BCUT2D eigenvalue weighted by Crippen LogP contribution is -2.31. The molecule has 0 aromatic heterocycles. The van der Waals surface area contributed by atoms with Crippen molar-refractivity contribution >= 4 is 17.5 Å². The van der Waals surface area contributed by atoms with Crippen molar-refractivity contribution in [1.82, 2.24) is 10.2 Å². The van der Waals surface area contributed by atoms with Gasteiger partial charge < -0.3 is 16.0 Å². The largest absolute Gasteiger partial charge is 0.399 e. The summed E-state index contributed by atoms with van der Waals surface area (Å²) in [4.78, 5) is 25.7. The first-order valence-corrected chi connectivity index (χ1v) is 7.41. The maximum atomic E-state index is 12.0. The van der Waals surface area contributed by atoms with E-state index >= 15 is 0 Å². The molecule has 21 heavy (non-hydrogen) atoms. The highest BCUT2D eigenvalue weighted by molar-refractivity contribution is 5.96. The van der Waals surface area contributed by atoms with Crippen molar-refractivity contribution < 1.29 is 9.59 Å². The summed E-state index contributed by atoms with van der Waals surface area (Å²) in [6, 6.07) is 5.27. The highest BCUT2D eigenvalue weighted by Gasteiger charge is 2.11. The van der Waals surface area contributed by atoms with Crippen LogP contribution in [0.4, 0.5) is 5.69 Å². The number of hydrogen-bond acceptors (Lipinski definition) is 3. The third-order valence-electron chi connectivity index (χ3n) is 3.48. The van der Waals surface area contributed by atoms with Crippen LogP contribution in [0.25, 0.3) is 0 Å². The van der Waals surface area contributed by atoms with Crippen LogP contribution >= 0.6 is 0 Å². The molecule has 0 radical (unpaired) electrons. The van der Waals surface area contributed by atoms with E-state index in [1.165, 1.54) is 0 Å². The molecule has 1 rings (SSSR count). The zero-order valence-corrected chi connectivity index (χ0v) is 13.1. The van der Waals surface area contributed by atoms with Crippen molar-refractivity contribution in [2.75, 3.05) is 25.4 Å². The number of carbonyl (C=O) groups is 2. The van der Waals surface area contributed by atoms with Crippen molar-refractivity contribution in [2.24, 2.45) is 0 Å². The summed E-state index contributed by atoms with van der Waals surface area (Å²) in [5, 5.41) is 2.83. The van der Waals surface area contributed by atoms with Gasteiger partial charge in [0.25, 0.3) is 5.91 Å². The summed E-state index contributed by atoms with van der Waals surface area (Å²) in [6.45, 7) is 7.74. The molecule has 0 unspecified atom stereocenters. The third-order valence-corrected chi connectivity index (χ3v) is 3.48. The Bertz CT molecular complexity index is 496. The fourth-order valence-corrected chi connectivity index (χ4v) is 2.16. The van der Waals surface area contributed by atoms with Gasteiger partial charge in [0.1, 0.15) is 0 Å². The Kier molecular flexibility index (Phi) is 6.72. The Morgan fingerprint density at radius 1 is 1.24 bits per heavy atom. The van der Waals surface area contributed by atoms with Crippen molar-refractivity contribution in [3.8, 4) is 0 Å². The van der Waals surface area contributed by atoms with E-state index < -0.39 is 0 Å². The van der Waals surface area contributed by atoms with Crippen LogP contribution in [0.2, 0.25) is 0 Å². The smallest absolute Gasteiger partial charge is 0.251 e. The van der Waals surface area contributed by atoms with Crippen LogP contribution < -0.4 is 11.1 Å². The lowest BCUT2D eigenvalue weighted by molar-refractivity contribution is -0.130. The first-order chi connectivity index (χ1) is 9.99. The molecule has 0 heterocycles. The second-order valence-electron chi connectivity index (χ2n) is 5.00. The minimum Gasteiger partial charge on any atom is -0.399 e. The molecule has 116 valence electrons. The average molecular weight is 291 g/mol. The van der Waals surface area contributed by atoms with E-state index in [9.17, 15) is 9.59 Å². The highest BCUT2D eigenvalue weighted by atomic mass is 16.2. The van der Waals surface area contributed by atoms with E-state index in [2.05, 4.69) is 5.32 Å². The molecule has 0 bridgehead atoms. The van der Waals surface area contributed by atoms with Gasteiger partial charge in [0, 0.05) is 37.3 Å². The molecule has 0 aliphatic rings. The number of anilines is 1. The van der Waals surface area contributed by atoms with Gasteiger partial charge in [0.15, 0.2) is 0 Å². The number of nitrogens with zero attached hydrogens (tertiary/aromatic N) is 1. The van der Waals surface area contributed by atoms with E-state index in [-0.39, 0.29) is 11.8 Å². The maximum absolute atomic E-state index is 12.0. The molecule has 2 amide bonds. The zero-order valence-electron chi connectivity index (χ0n) is 13.1. The van der Waals surface area contributed by atoms with Gasteiger partial charge in [0.2, 0.25) is 5.91 Å². The minimum absolute atomic E-state index is 0.134. The van der Waals surface area contributed by atoms with Crippen LogP contribution in [0.3, 0.4) is 0 Å². The number of aryl methyl sites for hydroxylation is 1. The number of nitrogens with one attached hydrogen (secondary N) is 1. The van der Waals surface area contributed by atoms with E-state index in [1.54, 1.807) is 17.0 Å². The summed E-state index contributed by atoms with van der Waals surface area (Å²) < 4.78 is 0. The number of carbonyl (C=O) groups excluding carboxylic acids is 2. The molecule has 0 atom stereocenters. The quantitative estimate of drug-likeness (QED) is 0.595. The Hall–Kier alpha value is -2.04. The Labute approximate surface area is 126 Å². The molecular formula is C16H25N3O2. The van der Waals surface area contributed by atoms with Crippen LogP contribution in [0.5, 0.6) is 0 Å². The Balaban J connectivity index is 2.41. The predicted molar refractivity (Wildman–Crippen MR) is 85.1 cm³/mol. The molecule has 0 aliphatic heterocycles. The maximum Gasteiger partial charge on any atom is 0.251 e. The summed E-state index contributed by atoms with van der Waals surface area (Å²) in [5.41, 5.74) is 7.74. The second-order valence-corrected chi connectivity index (χ2v) is 5.00. The molecule has 1 aromatic rings. The van der Waals surface area contributed by atoms with Crippen molar-refractivity contribution in [3.05, 3.63) is 29.3 Å². The van der Waals surface area contributed by atoms with E-state index in [1.807, 2.05) is 26.8 Å². The van der Waals surface area contributed by atoms with Gasteiger partial charge in [-0.2, -0.15) is 0 Å². The van der Waals surface area contributed by atoms with Gasteiger partial charge in [-0.3, -0.25) is 9.59 Å². The molecule has 1 aromatic carbocycles. The van der Waals surface area contributed by atoms with Gasteiger partial charge in [-0.1, -0.05) is 6.07 Å². The molecule has 0 saturated heterocycles. The zero-order chi connectivity index (χ0) is 15.8. The fourth-order valence-electron chi connectivity index (χ4n) is 2.16. The normalized spacial score (nSPS) is 10.2. The van der Waals surface area contributed by atoms with Crippen LogP contribution in [-0.4, -0.2) is 36.3 Å². The van der Waals surface area contributed by atoms with Crippen LogP contribution in [0.15, 0.2) is 18.2 Å². The van der Waals surface area contributed by atoms with Gasteiger partial charge in [-0.05, 0) is 44.9 Å². The fraction of sp³-hybridized carbons (Fsp3) is 0.500. The van der Waals surface area contributed by atoms with Gasteiger partial charge in [-0.15, -0.1) is 0 Å². The Morgan fingerprint density at radius 2 is 1.90 bits per heavy atom. The molecule has 0 spiro atoms. The molecule has 0 aliphatic carbocycles. The number of nitrogen functional groups attached to an aromatic ring is 1. The van der Waals surface area contributed by atoms with Crippen LogP contribution in [-0.2, 0) is 4.79 Å². The topological polar surface area (TPSA) is 75.4 Å². The number of hydrogen-bond donors (Lipinski definition) is 2. The number of benzene rings is 1.